The molecule has 1 aromatic heterocycles. The largest absolute Gasteiger partial charge is 0.507 e. The fraction of sp³-hybridized carbons (Fsp3) is 0.0588. The minimum absolute atomic E-state index is 0.110. The van der Waals surface area contributed by atoms with Gasteiger partial charge in [-0.1, -0.05) is 0 Å². The third-order valence-electron chi connectivity index (χ3n) is 3.87. The molecule has 2 aromatic carbocycles. The Balaban J connectivity index is 2.05. The van der Waals surface area contributed by atoms with Crippen LogP contribution in [-0.2, 0) is 14.8 Å². The van der Waals surface area contributed by atoms with Gasteiger partial charge in [-0.15, -0.1) is 0 Å². The van der Waals surface area contributed by atoms with Crippen LogP contribution in [-0.4, -0.2) is 37.5 Å². The summed E-state index contributed by atoms with van der Waals surface area (Å²) in [6.07, 6.45) is 1.61. The van der Waals surface area contributed by atoms with Crippen LogP contribution < -0.4 is 10.5 Å². The summed E-state index contributed by atoms with van der Waals surface area (Å²) in [5.41, 5.74) is 5.62. The molecule has 0 radical (unpaired) electrons. The van der Waals surface area contributed by atoms with Crippen molar-refractivity contribution in [3.8, 4) is 5.75 Å². The number of H-pyrrole nitrogens is 1. The highest BCUT2D eigenvalue weighted by Crippen LogP contribution is 2.27. The summed E-state index contributed by atoms with van der Waals surface area (Å²) in [5, 5.41) is 10.2. The lowest BCUT2D eigenvalue weighted by Gasteiger charge is -2.11. The number of nitrogens with two attached hydrogens (primary N) is 1. The predicted molar refractivity (Wildman–Crippen MR) is 97.1 cm³/mol. The minimum atomic E-state index is -4.12. The molecule has 0 spiro atoms. The summed E-state index contributed by atoms with van der Waals surface area (Å²) in [6.45, 7) is 0. The Morgan fingerprint density at radius 3 is 2.56 bits per heavy atom. The molecule has 3 rings (SSSR count). The SMILES string of the molecule is COC(=O)c1cc(NS(=O)(=O)c2ccc(O)c(C(N)=O)c2)cc2[nH]ccc12. The van der Waals surface area contributed by atoms with Gasteiger partial charge >= 0.3 is 5.97 Å². The molecule has 1 heterocycles. The Morgan fingerprint density at radius 1 is 1.15 bits per heavy atom. The normalized spacial score (nSPS) is 11.3. The third kappa shape index (κ3) is 3.42. The van der Waals surface area contributed by atoms with E-state index in [1.165, 1.54) is 19.2 Å². The monoisotopic (exact) mass is 389 g/mol. The Hall–Kier alpha value is -3.53. The van der Waals surface area contributed by atoms with Crippen LogP contribution in [0.15, 0.2) is 47.5 Å². The smallest absolute Gasteiger partial charge is 0.338 e. The Labute approximate surface area is 153 Å². The maximum absolute atomic E-state index is 12.6. The van der Waals surface area contributed by atoms with Gasteiger partial charge in [0, 0.05) is 17.1 Å². The molecular formula is C17H15N3O6S. The fourth-order valence-corrected chi connectivity index (χ4v) is 3.66. The number of aromatic amines is 1. The van der Waals surface area contributed by atoms with Crippen molar-refractivity contribution in [2.24, 2.45) is 5.73 Å². The summed E-state index contributed by atoms with van der Waals surface area (Å²) in [5.74, 6) is -2.02. The van der Waals surface area contributed by atoms with Crippen molar-refractivity contribution < 1.29 is 27.9 Å². The molecule has 0 fully saturated rings. The number of fused-ring (bicyclic) bond motifs is 1. The molecule has 9 nitrogen and oxygen atoms in total. The number of phenols is 1. The van der Waals surface area contributed by atoms with Crippen LogP contribution in [0.3, 0.4) is 0 Å². The van der Waals surface area contributed by atoms with E-state index < -0.39 is 27.6 Å². The van der Waals surface area contributed by atoms with Gasteiger partial charge in [-0.25, -0.2) is 13.2 Å². The number of rotatable bonds is 5. The maximum atomic E-state index is 12.6. The molecule has 3 aromatic rings. The zero-order chi connectivity index (χ0) is 19.8. The van der Waals surface area contributed by atoms with Crippen molar-refractivity contribution in [3.63, 3.8) is 0 Å². The second-order valence-corrected chi connectivity index (χ2v) is 7.29. The molecular weight excluding hydrogens is 374 g/mol. The highest BCUT2D eigenvalue weighted by molar-refractivity contribution is 7.92. The number of benzene rings is 2. The first-order chi connectivity index (χ1) is 12.7. The van der Waals surface area contributed by atoms with E-state index in [0.717, 1.165) is 18.2 Å². The number of methoxy groups -OCH3 is 1. The molecule has 0 bridgehead atoms. The first-order valence-corrected chi connectivity index (χ1v) is 9.06. The number of hydrogen-bond donors (Lipinski definition) is 4. The topological polar surface area (TPSA) is 152 Å². The van der Waals surface area contributed by atoms with Crippen LogP contribution >= 0.6 is 0 Å². The van der Waals surface area contributed by atoms with Crippen LogP contribution in [0.25, 0.3) is 10.9 Å². The zero-order valence-corrected chi connectivity index (χ0v) is 14.8. The first-order valence-electron chi connectivity index (χ1n) is 7.58. The van der Waals surface area contributed by atoms with E-state index in [2.05, 4.69) is 9.71 Å². The van der Waals surface area contributed by atoms with Gasteiger partial charge in [0.15, 0.2) is 0 Å². The lowest BCUT2D eigenvalue weighted by molar-refractivity contribution is 0.0603. The van der Waals surface area contributed by atoms with Crippen molar-refractivity contribution >= 4 is 38.5 Å². The van der Waals surface area contributed by atoms with Crippen molar-refractivity contribution in [1.82, 2.24) is 4.98 Å². The van der Waals surface area contributed by atoms with Gasteiger partial charge < -0.3 is 20.6 Å². The van der Waals surface area contributed by atoms with Gasteiger partial charge in [0.25, 0.3) is 15.9 Å². The first kappa shape index (κ1) is 18.3. The van der Waals surface area contributed by atoms with Crippen molar-refractivity contribution in [2.45, 2.75) is 4.90 Å². The maximum Gasteiger partial charge on any atom is 0.338 e. The Kier molecular flexibility index (Phi) is 4.50. The standard InChI is InChI=1S/C17H15N3O6S/c1-26-17(23)12-6-9(7-14-11(12)4-5-19-14)20-27(24,25)10-2-3-15(21)13(8-10)16(18)22/h2-8,19-21H,1H3,(H2,18,22). The van der Waals surface area contributed by atoms with Crippen LogP contribution in [0, 0.1) is 0 Å². The van der Waals surface area contributed by atoms with E-state index in [9.17, 15) is 23.1 Å². The number of nitrogens with one attached hydrogen (secondary N) is 2. The van der Waals surface area contributed by atoms with Crippen molar-refractivity contribution in [3.05, 3.63) is 53.7 Å². The number of amides is 1. The van der Waals surface area contributed by atoms with Gasteiger partial charge in [-0.3, -0.25) is 9.52 Å². The van der Waals surface area contributed by atoms with E-state index in [1.54, 1.807) is 12.3 Å². The number of carbonyl (C=O) groups excluding carboxylic acids is 2. The molecule has 5 N–H and O–H groups in total. The molecule has 0 saturated heterocycles. The van der Waals surface area contributed by atoms with Crippen molar-refractivity contribution in [2.75, 3.05) is 11.8 Å². The zero-order valence-electron chi connectivity index (χ0n) is 14.0. The number of esters is 1. The summed E-state index contributed by atoms with van der Waals surface area (Å²) < 4.78 is 32.3. The van der Waals surface area contributed by atoms with Crippen molar-refractivity contribution in [1.29, 1.82) is 0 Å². The third-order valence-corrected chi connectivity index (χ3v) is 5.25. The highest BCUT2D eigenvalue weighted by atomic mass is 32.2. The molecule has 0 unspecified atom stereocenters. The molecule has 140 valence electrons. The minimum Gasteiger partial charge on any atom is -0.507 e. The lowest BCUT2D eigenvalue weighted by Crippen LogP contribution is -2.16. The Bertz CT molecular complexity index is 1170. The number of anilines is 1. The number of aromatic hydroxyl groups is 1. The molecule has 0 aliphatic rings. The summed E-state index contributed by atoms with van der Waals surface area (Å²) in [4.78, 5) is 25.9. The van der Waals surface area contributed by atoms with Crippen LogP contribution in [0.2, 0.25) is 0 Å². The summed E-state index contributed by atoms with van der Waals surface area (Å²) in [6, 6.07) is 7.66. The fourth-order valence-electron chi connectivity index (χ4n) is 2.60. The number of primary amides is 1. The molecule has 0 aliphatic heterocycles. The molecule has 27 heavy (non-hydrogen) atoms. The van der Waals surface area contributed by atoms with Gasteiger partial charge in [0.2, 0.25) is 0 Å². The molecule has 1 amide bonds. The number of aromatic nitrogens is 1. The van der Waals surface area contributed by atoms with Crippen LogP contribution in [0.5, 0.6) is 5.75 Å². The molecule has 0 aliphatic carbocycles. The average molecular weight is 389 g/mol. The van der Waals surface area contributed by atoms with Crippen LogP contribution in [0.4, 0.5) is 5.69 Å². The number of carbonyl (C=O) groups is 2. The lowest BCUT2D eigenvalue weighted by atomic mass is 10.1. The molecule has 10 heteroatoms. The van der Waals surface area contributed by atoms with E-state index in [0.29, 0.717) is 10.9 Å². The number of sulfonamides is 1. The second-order valence-electron chi connectivity index (χ2n) is 5.60. The van der Waals surface area contributed by atoms with Gasteiger partial charge in [-0.05, 0) is 36.4 Å². The quantitative estimate of drug-likeness (QED) is 0.486. The molecule has 0 atom stereocenters. The van der Waals surface area contributed by atoms with Gasteiger partial charge in [0.1, 0.15) is 5.75 Å². The van der Waals surface area contributed by atoms with Gasteiger partial charge in [-0.2, -0.15) is 0 Å². The predicted octanol–water partition coefficient (Wildman–Crippen LogP) is 1.56. The van der Waals surface area contributed by atoms with Crippen LogP contribution in [0.1, 0.15) is 20.7 Å². The molecule has 0 saturated carbocycles. The van der Waals surface area contributed by atoms with Gasteiger partial charge in [0.05, 0.1) is 28.8 Å². The van der Waals surface area contributed by atoms with E-state index in [1.807, 2.05) is 0 Å². The van der Waals surface area contributed by atoms with E-state index >= 15 is 0 Å². The Morgan fingerprint density at radius 2 is 1.89 bits per heavy atom. The second kappa shape index (κ2) is 6.65. The summed E-state index contributed by atoms with van der Waals surface area (Å²) in [7, 11) is -2.90. The number of hydrogen-bond acceptors (Lipinski definition) is 6. The van der Waals surface area contributed by atoms with E-state index in [-0.39, 0.29) is 21.7 Å². The summed E-state index contributed by atoms with van der Waals surface area (Å²) >= 11 is 0. The highest BCUT2D eigenvalue weighted by Gasteiger charge is 2.20. The number of ether oxygens (including phenoxy) is 1. The average Bonchev–Trinajstić information content (AvgIpc) is 3.08. The van der Waals surface area contributed by atoms with E-state index in [4.69, 9.17) is 10.5 Å².